The molecule has 5 nitrogen and oxygen atoms in total. The number of hydrogen-bond donors (Lipinski definition) is 0. The van der Waals surface area contributed by atoms with Gasteiger partial charge in [0.15, 0.2) is 5.43 Å². The first-order valence-corrected chi connectivity index (χ1v) is 12.6. The van der Waals surface area contributed by atoms with Crippen molar-refractivity contribution in [3.05, 3.63) is 103 Å². The Kier molecular flexibility index (Phi) is 6.43. The molecule has 0 radical (unpaired) electrons. The second-order valence-corrected chi connectivity index (χ2v) is 10.3. The van der Waals surface area contributed by atoms with E-state index < -0.39 is 6.04 Å². The van der Waals surface area contributed by atoms with E-state index >= 15 is 0 Å². The lowest BCUT2D eigenvalue weighted by Gasteiger charge is -2.25. The van der Waals surface area contributed by atoms with Crippen LogP contribution in [-0.4, -0.2) is 12.5 Å². The van der Waals surface area contributed by atoms with Crippen LogP contribution in [0.25, 0.3) is 11.0 Å². The Balaban J connectivity index is 1.69. The second-order valence-electron chi connectivity index (χ2n) is 8.98. The van der Waals surface area contributed by atoms with E-state index in [9.17, 15) is 9.59 Å². The highest BCUT2D eigenvalue weighted by atomic mass is 79.9. The number of amides is 1. The molecule has 0 aliphatic carbocycles. The lowest BCUT2D eigenvalue weighted by molar-refractivity contribution is 0.0971. The largest absolute Gasteiger partial charge is 0.494 e. The summed E-state index contributed by atoms with van der Waals surface area (Å²) in [4.78, 5) is 29.1. The topological polar surface area (TPSA) is 59.8 Å². The fraction of sp³-hybridized carbons (Fsp3) is 0.214. The SMILES string of the molecule is CC(C)CCOc1cccc(C2c3c(oc4ccc(Cl)cc4c3=O)C(=O)N2c2cccc(Br)c2)c1. The summed E-state index contributed by atoms with van der Waals surface area (Å²) < 4.78 is 12.8. The summed E-state index contributed by atoms with van der Waals surface area (Å²) in [5, 5.41) is 0.768. The van der Waals surface area contributed by atoms with Gasteiger partial charge in [0.1, 0.15) is 11.3 Å². The molecule has 0 saturated heterocycles. The van der Waals surface area contributed by atoms with Crippen LogP contribution in [0, 0.1) is 5.92 Å². The summed E-state index contributed by atoms with van der Waals surface area (Å²) in [5.41, 5.74) is 1.75. The number of anilines is 1. The smallest absolute Gasteiger partial charge is 0.295 e. The maximum absolute atomic E-state index is 13.7. The van der Waals surface area contributed by atoms with Gasteiger partial charge in [-0.25, -0.2) is 0 Å². The Labute approximate surface area is 216 Å². The first kappa shape index (κ1) is 23.6. The molecule has 178 valence electrons. The molecule has 35 heavy (non-hydrogen) atoms. The molecule has 5 rings (SSSR count). The molecule has 0 bridgehead atoms. The van der Waals surface area contributed by atoms with Gasteiger partial charge in [0, 0.05) is 15.2 Å². The maximum atomic E-state index is 13.7. The third-order valence-electron chi connectivity index (χ3n) is 6.06. The summed E-state index contributed by atoms with van der Waals surface area (Å²) in [7, 11) is 0. The monoisotopic (exact) mass is 551 g/mol. The van der Waals surface area contributed by atoms with Crippen LogP contribution in [-0.2, 0) is 0 Å². The average Bonchev–Trinajstić information content (AvgIpc) is 3.12. The molecule has 0 saturated carbocycles. The minimum atomic E-state index is -0.680. The highest BCUT2D eigenvalue weighted by molar-refractivity contribution is 9.10. The summed E-state index contributed by atoms with van der Waals surface area (Å²) in [6, 6.07) is 19.1. The average molecular weight is 553 g/mol. The van der Waals surface area contributed by atoms with Crippen LogP contribution >= 0.6 is 27.5 Å². The molecule has 1 unspecified atom stereocenters. The molecule has 3 aromatic carbocycles. The predicted octanol–water partition coefficient (Wildman–Crippen LogP) is 7.38. The molecular formula is C28H23BrClNO4. The number of ether oxygens (including phenoxy) is 1. The van der Waals surface area contributed by atoms with E-state index in [-0.39, 0.29) is 17.1 Å². The van der Waals surface area contributed by atoms with E-state index in [0.29, 0.717) is 45.5 Å². The molecular weight excluding hydrogens is 530 g/mol. The van der Waals surface area contributed by atoms with Crippen molar-refractivity contribution in [1.82, 2.24) is 0 Å². The molecule has 0 N–H and O–H groups in total. The predicted molar refractivity (Wildman–Crippen MR) is 142 cm³/mol. The zero-order valence-electron chi connectivity index (χ0n) is 19.3. The van der Waals surface area contributed by atoms with Gasteiger partial charge in [-0.2, -0.15) is 0 Å². The van der Waals surface area contributed by atoms with Crippen LogP contribution in [0.2, 0.25) is 5.02 Å². The zero-order valence-corrected chi connectivity index (χ0v) is 21.6. The van der Waals surface area contributed by atoms with Crippen LogP contribution in [0.5, 0.6) is 5.75 Å². The fourth-order valence-electron chi connectivity index (χ4n) is 4.34. The van der Waals surface area contributed by atoms with Crippen molar-refractivity contribution >= 4 is 50.1 Å². The van der Waals surface area contributed by atoms with Gasteiger partial charge in [-0.1, -0.05) is 59.6 Å². The lowest BCUT2D eigenvalue weighted by Crippen LogP contribution is -2.29. The number of benzene rings is 3. The number of halogens is 2. The van der Waals surface area contributed by atoms with E-state index in [4.69, 9.17) is 20.8 Å². The number of fused-ring (bicyclic) bond motifs is 2. The quantitative estimate of drug-likeness (QED) is 0.250. The van der Waals surface area contributed by atoms with Gasteiger partial charge in [0.25, 0.3) is 5.91 Å². The Hall–Kier alpha value is -3.09. The third-order valence-corrected chi connectivity index (χ3v) is 6.78. The molecule has 4 aromatic rings. The van der Waals surface area contributed by atoms with E-state index in [1.165, 1.54) is 0 Å². The van der Waals surface area contributed by atoms with Gasteiger partial charge in [-0.3, -0.25) is 14.5 Å². The summed E-state index contributed by atoms with van der Waals surface area (Å²) >= 11 is 9.67. The molecule has 7 heteroatoms. The Bertz CT molecular complexity index is 1500. The zero-order chi connectivity index (χ0) is 24.7. The molecule has 0 spiro atoms. The van der Waals surface area contributed by atoms with Crippen LogP contribution in [0.1, 0.15) is 48.0 Å². The number of hydrogen-bond acceptors (Lipinski definition) is 4. The molecule has 1 aromatic heterocycles. The van der Waals surface area contributed by atoms with Gasteiger partial charge in [-0.15, -0.1) is 0 Å². The molecule has 0 fully saturated rings. The summed E-state index contributed by atoms with van der Waals surface area (Å²) in [5.74, 6) is 0.879. The number of carbonyl (C=O) groups excluding carboxylic acids is 1. The number of carbonyl (C=O) groups is 1. The number of rotatable bonds is 6. The Morgan fingerprint density at radius 3 is 2.63 bits per heavy atom. The van der Waals surface area contributed by atoms with Crippen molar-refractivity contribution in [2.24, 2.45) is 5.92 Å². The van der Waals surface area contributed by atoms with E-state index in [2.05, 4.69) is 29.8 Å². The first-order chi connectivity index (χ1) is 16.8. The molecule has 2 heterocycles. The van der Waals surface area contributed by atoms with Gasteiger partial charge < -0.3 is 9.15 Å². The molecule has 1 aliphatic heterocycles. The standard InChI is InChI=1S/C28H23BrClNO4/c1-16(2)11-12-34-21-8-3-5-17(13-21)25-24-26(32)22-15-19(30)9-10-23(22)35-27(24)28(33)31(25)20-7-4-6-18(29)14-20/h3-10,13-16,25H,11-12H2,1-2H3. The van der Waals surface area contributed by atoms with Gasteiger partial charge in [0.2, 0.25) is 5.76 Å². The van der Waals surface area contributed by atoms with Crippen molar-refractivity contribution in [1.29, 1.82) is 0 Å². The Morgan fingerprint density at radius 1 is 1.06 bits per heavy atom. The van der Waals surface area contributed by atoms with E-state index in [1.54, 1.807) is 23.1 Å². The molecule has 1 amide bonds. The minimum Gasteiger partial charge on any atom is -0.494 e. The van der Waals surface area contributed by atoms with E-state index in [1.807, 2.05) is 48.5 Å². The first-order valence-electron chi connectivity index (χ1n) is 11.4. The fourth-order valence-corrected chi connectivity index (χ4v) is 4.90. The van der Waals surface area contributed by atoms with Crippen molar-refractivity contribution < 1.29 is 13.9 Å². The maximum Gasteiger partial charge on any atom is 0.295 e. The lowest BCUT2D eigenvalue weighted by atomic mass is 9.98. The van der Waals surface area contributed by atoms with Crippen LogP contribution in [0.15, 0.2) is 80.4 Å². The van der Waals surface area contributed by atoms with Crippen molar-refractivity contribution in [3.8, 4) is 5.75 Å². The van der Waals surface area contributed by atoms with Crippen LogP contribution < -0.4 is 15.1 Å². The third kappa shape index (κ3) is 4.48. The second kappa shape index (κ2) is 9.51. The number of nitrogens with zero attached hydrogens (tertiary/aromatic N) is 1. The summed E-state index contributed by atoms with van der Waals surface area (Å²) in [6.45, 7) is 4.88. The van der Waals surface area contributed by atoms with Crippen LogP contribution in [0.3, 0.4) is 0 Å². The van der Waals surface area contributed by atoms with Gasteiger partial charge >= 0.3 is 0 Å². The summed E-state index contributed by atoms with van der Waals surface area (Å²) in [6.07, 6.45) is 0.926. The Morgan fingerprint density at radius 2 is 1.86 bits per heavy atom. The minimum absolute atomic E-state index is 0.0425. The van der Waals surface area contributed by atoms with Crippen molar-refractivity contribution in [2.45, 2.75) is 26.3 Å². The van der Waals surface area contributed by atoms with Crippen LogP contribution in [0.4, 0.5) is 5.69 Å². The normalized spacial score (nSPS) is 15.2. The highest BCUT2D eigenvalue weighted by Crippen LogP contribution is 2.42. The highest BCUT2D eigenvalue weighted by Gasteiger charge is 2.43. The molecule has 1 atom stereocenters. The van der Waals surface area contributed by atoms with Crippen molar-refractivity contribution in [3.63, 3.8) is 0 Å². The van der Waals surface area contributed by atoms with E-state index in [0.717, 1.165) is 16.5 Å². The van der Waals surface area contributed by atoms with Gasteiger partial charge in [0.05, 0.1) is 23.6 Å². The molecule has 1 aliphatic rings. The van der Waals surface area contributed by atoms with Gasteiger partial charge in [-0.05, 0) is 66.4 Å². The van der Waals surface area contributed by atoms with Crippen molar-refractivity contribution in [2.75, 3.05) is 11.5 Å².